The number of alkyl halides is 3. The minimum Gasteiger partial charge on any atom is -0.496 e. The van der Waals surface area contributed by atoms with Crippen molar-refractivity contribution in [3.63, 3.8) is 0 Å². The molecule has 13 nitrogen and oxygen atoms in total. The fourth-order valence-electron chi connectivity index (χ4n) is 9.66. The van der Waals surface area contributed by atoms with Crippen LogP contribution in [0.5, 0.6) is 11.5 Å². The third-order valence-electron chi connectivity index (χ3n) is 13.7. The van der Waals surface area contributed by atoms with Crippen LogP contribution in [0.1, 0.15) is 89.0 Å². The van der Waals surface area contributed by atoms with Gasteiger partial charge in [0, 0.05) is 73.2 Å². The number of ether oxygens (including phenoxy) is 2. The van der Waals surface area contributed by atoms with Crippen molar-refractivity contribution in [3.05, 3.63) is 60.4 Å². The lowest BCUT2D eigenvalue weighted by Crippen LogP contribution is -2.47. The van der Waals surface area contributed by atoms with E-state index in [9.17, 15) is 40.8 Å². The second-order valence-corrected chi connectivity index (χ2v) is 19.9. The van der Waals surface area contributed by atoms with Gasteiger partial charge in [0.1, 0.15) is 17.6 Å². The summed E-state index contributed by atoms with van der Waals surface area (Å²) < 4.78 is 81.1. The van der Waals surface area contributed by atoms with Crippen molar-refractivity contribution in [1.29, 1.82) is 0 Å². The molecule has 2 saturated heterocycles. The number of rotatable bonds is 9. The number of nitrogens with zero attached hydrogens (tertiary/aromatic N) is 4. The number of Topliss-reactive ketones (excluding diaryl/α,β-unsaturated/α-hetero) is 1. The predicted molar refractivity (Wildman–Crippen MR) is 227 cm³/mol. The number of benzene rings is 1. The van der Waals surface area contributed by atoms with Gasteiger partial charge in [-0.3, -0.25) is 28.9 Å². The second kappa shape index (κ2) is 17.8. The lowest BCUT2D eigenvalue weighted by atomic mass is 9.90. The van der Waals surface area contributed by atoms with Gasteiger partial charge in [0.15, 0.2) is 5.78 Å². The molecule has 8 rings (SSSR count). The molecular weight excluding hydrogens is 840 g/mol. The van der Waals surface area contributed by atoms with Gasteiger partial charge in [-0.1, -0.05) is 25.0 Å². The van der Waals surface area contributed by atoms with Gasteiger partial charge in [0.2, 0.25) is 27.7 Å². The number of aryl methyl sites for hydroxylation is 1. The predicted octanol–water partition coefficient (Wildman–Crippen LogP) is 6.86. The first-order valence-electron chi connectivity index (χ1n) is 22.0. The Kier molecular flexibility index (Phi) is 12.6. The number of hydrogen-bond acceptors (Lipinski definition) is 10. The number of pyridine rings is 2. The van der Waals surface area contributed by atoms with Gasteiger partial charge >= 0.3 is 6.18 Å². The maximum Gasteiger partial charge on any atom is 0.391 e. The van der Waals surface area contributed by atoms with E-state index in [4.69, 9.17) is 14.5 Å². The molecule has 5 atom stereocenters. The van der Waals surface area contributed by atoms with E-state index in [0.29, 0.717) is 60.2 Å². The number of aromatic nitrogens is 2. The number of nitrogens with one attached hydrogen (secondary N) is 1. The number of amides is 3. The molecule has 1 aromatic carbocycles. The SMILES string of the molecule is COc1ccc2c(O[C@@H]3C[C@H]4C(=O)C[C@]5(C(=O)NS(=O)(=O)C6CC6)CC5/C=C\CCCCC[C@H](CC(=O)N5CCC(C(F)(F)F)CC5)C(=O)N4C3)cc(-c3cccnc3)nc2c1C. The van der Waals surface area contributed by atoms with Crippen LogP contribution < -0.4 is 14.2 Å². The average Bonchev–Trinajstić information content (AvgIpc) is 4.19. The monoisotopic (exact) mass is 893 g/mol. The Labute approximate surface area is 365 Å². The highest BCUT2D eigenvalue weighted by molar-refractivity contribution is 7.90. The highest BCUT2D eigenvalue weighted by Gasteiger charge is 2.61. The fraction of sp³-hybridized carbons (Fsp3) is 0.565. The van der Waals surface area contributed by atoms with E-state index in [0.717, 1.165) is 24.0 Å². The molecule has 4 fully saturated rings. The molecular formula is C46H54F3N5O8S. The molecule has 63 heavy (non-hydrogen) atoms. The highest BCUT2D eigenvalue weighted by Crippen LogP contribution is 2.57. The Balaban J connectivity index is 1.12. The topological polar surface area (TPSA) is 165 Å². The fourth-order valence-corrected chi connectivity index (χ4v) is 11.0. The molecule has 3 amide bonds. The summed E-state index contributed by atoms with van der Waals surface area (Å²) >= 11 is 0. The van der Waals surface area contributed by atoms with Crippen molar-refractivity contribution in [1.82, 2.24) is 24.5 Å². The van der Waals surface area contributed by atoms with Crippen molar-refractivity contribution in [2.24, 2.45) is 23.2 Å². The van der Waals surface area contributed by atoms with Gasteiger partial charge < -0.3 is 19.3 Å². The first kappa shape index (κ1) is 44.5. The number of methoxy groups -OCH3 is 1. The summed E-state index contributed by atoms with van der Waals surface area (Å²) in [7, 11) is -2.35. The van der Waals surface area contributed by atoms with Crippen LogP contribution in [0.15, 0.2) is 54.9 Å². The zero-order valence-electron chi connectivity index (χ0n) is 35.6. The number of sulfonamides is 1. The summed E-state index contributed by atoms with van der Waals surface area (Å²) in [4.78, 5) is 69.6. The van der Waals surface area contributed by atoms with Crippen LogP contribution in [0.2, 0.25) is 0 Å². The molecule has 5 aliphatic rings. The van der Waals surface area contributed by atoms with Gasteiger partial charge in [-0.2, -0.15) is 13.2 Å². The summed E-state index contributed by atoms with van der Waals surface area (Å²) in [6.07, 6.45) is 5.46. The van der Waals surface area contributed by atoms with Crippen LogP contribution in [0.3, 0.4) is 0 Å². The molecule has 2 aromatic heterocycles. The summed E-state index contributed by atoms with van der Waals surface area (Å²) in [5.74, 6) is -3.66. The van der Waals surface area contributed by atoms with E-state index >= 15 is 0 Å². The van der Waals surface area contributed by atoms with Gasteiger partial charge in [0.25, 0.3) is 0 Å². The Bertz CT molecular complexity index is 2390. The number of halogens is 3. The molecule has 3 aromatic rings. The molecule has 5 heterocycles. The number of allylic oxidation sites excluding steroid dienone is 2. The first-order chi connectivity index (χ1) is 30.1. The van der Waals surface area contributed by atoms with Crippen molar-refractivity contribution >= 4 is 44.4 Å². The maximum absolute atomic E-state index is 14.9. The van der Waals surface area contributed by atoms with Crippen molar-refractivity contribution in [2.45, 2.75) is 114 Å². The van der Waals surface area contributed by atoms with Crippen LogP contribution in [-0.4, -0.2) is 102 Å². The van der Waals surface area contributed by atoms with E-state index in [1.807, 2.05) is 37.3 Å². The Morgan fingerprint density at radius 1 is 1.02 bits per heavy atom. The molecule has 2 aliphatic carbocycles. The number of carbonyl (C=O) groups excluding carboxylic acids is 4. The zero-order chi connectivity index (χ0) is 44.7. The molecule has 17 heteroatoms. The van der Waals surface area contributed by atoms with Gasteiger partial charge in [-0.25, -0.2) is 13.4 Å². The van der Waals surface area contributed by atoms with Crippen LogP contribution in [0.25, 0.3) is 22.2 Å². The summed E-state index contributed by atoms with van der Waals surface area (Å²) in [5, 5.41) is 0.0220. The number of carbonyl (C=O) groups is 4. The van der Waals surface area contributed by atoms with E-state index < -0.39 is 74.4 Å². The van der Waals surface area contributed by atoms with E-state index in [1.54, 1.807) is 31.6 Å². The van der Waals surface area contributed by atoms with Crippen LogP contribution in [0.4, 0.5) is 13.2 Å². The van der Waals surface area contributed by atoms with Gasteiger partial charge in [-0.15, -0.1) is 0 Å². The number of ketones is 1. The van der Waals surface area contributed by atoms with Gasteiger partial charge in [-0.05, 0) is 88.5 Å². The molecule has 0 bridgehead atoms. The molecule has 0 radical (unpaired) electrons. The quantitative estimate of drug-likeness (QED) is 0.224. The number of likely N-dealkylation sites (tertiary alicyclic amines) is 1. The summed E-state index contributed by atoms with van der Waals surface area (Å²) in [6.45, 7) is 1.73. The standard InChI is InChI=1S/C46H54F3N5O8S/c1-28-39(61-2)15-14-35-40(23-36(51-42(28)35)30-10-8-18-50-26-30)62-33-22-37-38(55)25-45(44(58)52-63(59,60)34-12-13-34)24-32(45)11-7-5-3-4-6-9-29(43(57)54(37)27-33)21-41(56)53-19-16-31(17-20-53)46(47,48)49/h7-8,10-11,14-15,18,23,26,29,31-34,37H,3-6,9,12-13,16-17,19-22,24-25,27H2,1-2H3,(H,52,58)/b11-7-/t29-,32?,33-,37+,45-/m1/s1. The molecule has 1 unspecified atom stereocenters. The number of piperidine rings is 1. The van der Waals surface area contributed by atoms with Gasteiger partial charge in [0.05, 0.1) is 47.5 Å². The van der Waals surface area contributed by atoms with Crippen LogP contribution in [-0.2, 0) is 29.2 Å². The average molecular weight is 894 g/mol. The largest absolute Gasteiger partial charge is 0.496 e. The third kappa shape index (κ3) is 9.58. The molecule has 338 valence electrons. The third-order valence-corrected chi connectivity index (χ3v) is 15.5. The molecule has 3 aliphatic heterocycles. The molecule has 0 spiro atoms. The van der Waals surface area contributed by atoms with Crippen molar-refractivity contribution in [2.75, 3.05) is 26.7 Å². The minimum atomic E-state index is -4.35. The minimum absolute atomic E-state index is 0.0311. The van der Waals surface area contributed by atoms with Crippen molar-refractivity contribution in [3.8, 4) is 22.8 Å². The second-order valence-electron chi connectivity index (χ2n) is 18.0. The molecule has 1 N–H and O–H groups in total. The summed E-state index contributed by atoms with van der Waals surface area (Å²) in [6, 6.07) is 8.01. The molecule has 2 saturated carbocycles. The Morgan fingerprint density at radius 2 is 1.79 bits per heavy atom. The Hall–Kier alpha value is -5.06. The highest BCUT2D eigenvalue weighted by atomic mass is 32.2. The zero-order valence-corrected chi connectivity index (χ0v) is 36.4. The Morgan fingerprint density at radius 3 is 2.49 bits per heavy atom. The van der Waals surface area contributed by atoms with Crippen molar-refractivity contribution < 1.29 is 50.2 Å². The first-order valence-corrected chi connectivity index (χ1v) is 23.6. The van der Waals surface area contributed by atoms with E-state index in [2.05, 4.69) is 9.71 Å². The lowest BCUT2D eigenvalue weighted by Gasteiger charge is -2.34. The summed E-state index contributed by atoms with van der Waals surface area (Å²) in [5.41, 5.74) is 1.36. The van der Waals surface area contributed by atoms with Crippen LogP contribution in [0, 0.1) is 30.1 Å². The smallest absolute Gasteiger partial charge is 0.391 e. The maximum atomic E-state index is 14.9. The number of fused-ring (bicyclic) bond motifs is 3. The van der Waals surface area contributed by atoms with E-state index in [1.165, 1.54) is 9.80 Å². The lowest BCUT2D eigenvalue weighted by molar-refractivity contribution is -0.186. The normalized spacial score (nSPS) is 26.9. The number of hydrogen-bond donors (Lipinski definition) is 1. The van der Waals surface area contributed by atoms with E-state index in [-0.39, 0.29) is 64.1 Å². The van der Waals surface area contributed by atoms with Crippen LogP contribution >= 0.6 is 0 Å².